The molecule has 0 unspecified atom stereocenters. The van der Waals surface area contributed by atoms with Gasteiger partial charge in [-0.15, -0.1) is 0 Å². The number of carboxylic acids is 1. The highest BCUT2D eigenvalue weighted by atomic mass is 16.5. The van der Waals surface area contributed by atoms with Gasteiger partial charge in [0, 0.05) is 19.7 Å². The number of hydrogen-bond acceptors (Lipinski definition) is 3. The molecule has 0 atom stereocenters. The van der Waals surface area contributed by atoms with Crippen molar-refractivity contribution in [1.82, 2.24) is 5.32 Å². The Balaban J connectivity index is 1.70. The number of rotatable bonds is 8. The molecule has 0 radical (unpaired) electrons. The lowest BCUT2D eigenvalue weighted by Gasteiger charge is -2.03. The Morgan fingerprint density at radius 1 is 1.46 bits per heavy atom. The molecule has 13 heavy (non-hydrogen) atoms. The average molecular weight is 187 g/mol. The molecule has 0 aliphatic heterocycles. The molecule has 76 valence electrons. The molecule has 0 amide bonds. The maximum absolute atomic E-state index is 10.1. The minimum atomic E-state index is -0.758. The van der Waals surface area contributed by atoms with Crippen molar-refractivity contribution in [1.29, 1.82) is 0 Å². The second-order valence-electron chi connectivity index (χ2n) is 3.41. The first-order chi connectivity index (χ1) is 6.29. The molecule has 1 saturated carbocycles. The van der Waals surface area contributed by atoms with Crippen LogP contribution in [-0.2, 0) is 9.53 Å². The summed E-state index contributed by atoms with van der Waals surface area (Å²) in [6.45, 7) is 2.85. The van der Waals surface area contributed by atoms with Gasteiger partial charge in [0.1, 0.15) is 0 Å². The lowest BCUT2D eigenvalue weighted by atomic mass is 10.4. The quantitative estimate of drug-likeness (QED) is 0.542. The minimum Gasteiger partial charge on any atom is -0.481 e. The second kappa shape index (κ2) is 5.94. The molecular formula is C9H17NO3. The first-order valence-electron chi connectivity index (χ1n) is 4.79. The number of ether oxygens (including phenoxy) is 1. The van der Waals surface area contributed by atoms with E-state index in [9.17, 15) is 4.79 Å². The highest BCUT2D eigenvalue weighted by molar-refractivity contribution is 5.66. The van der Waals surface area contributed by atoms with Crippen LogP contribution in [0, 0.1) is 5.92 Å². The van der Waals surface area contributed by atoms with Crippen molar-refractivity contribution in [3.8, 4) is 0 Å². The fourth-order valence-electron chi connectivity index (χ4n) is 0.999. The van der Waals surface area contributed by atoms with Crippen LogP contribution in [0.5, 0.6) is 0 Å². The van der Waals surface area contributed by atoms with E-state index < -0.39 is 5.97 Å². The van der Waals surface area contributed by atoms with E-state index in [1.807, 2.05) is 0 Å². The molecule has 0 heterocycles. The highest BCUT2D eigenvalue weighted by Crippen LogP contribution is 2.28. The third-order valence-electron chi connectivity index (χ3n) is 1.99. The van der Waals surface area contributed by atoms with Crippen molar-refractivity contribution in [3.63, 3.8) is 0 Å². The van der Waals surface area contributed by atoms with E-state index >= 15 is 0 Å². The zero-order chi connectivity index (χ0) is 9.52. The molecule has 0 bridgehead atoms. The van der Waals surface area contributed by atoms with Crippen molar-refractivity contribution in [3.05, 3.63) is 0 Å². The Morgan fingerprint density at radius 2 is 2.23 bits per heavy atom. The van der Waals surface area contributed by atoms with Crippen LogP contribution >= 0.6 is 0 Å². The summed E-state index contributed by atoms with van der Waals surface area (Å²) in [5.41, 5.74) is 0. The van der Waals surface area contributed by atoms with E-state index in [0.29, 0.717) is 13.2 Å². The van der Waals surface area contributed by atoms with Gasteiger partial charge in [-0.1, -0.05) is 0 Å². The van der Waals surface area contributed by atoms with Crippen molar-refractivity contribution in [2.75, 3.05) is 26.3 Å². The summed E-state index contributed by atoms with van der Waals surface area (Å²) < 4.78 is 5.35. The second-order valence-corrected chi connectivity index (χ2v) is 3.41. The monoisotopic (exact) mass is 187 g/mol. The van der Waals surface area contributed by atoms with E-state index in [2.05, 4.69) is 5.32 Å². The van der Waals surface area contributed by atoms with Crippen LogP contribution in [0.1, 0.15) is 19.3 Å². The average Bonchev–Trinajstić information content (AvgIpc) is 2.86. The number of hydrogen-bond donors (Lipinski definition) is 2. The van der Waals surface area contributed by atoms with Crippen LogP contribution in [0.2, 0.25) is 0 Å². The van der Waals surface area contributed by atoms with Gasteiger partial charge in [0.05, 0.1) is 13.0 Å². The minimum absolute atomic E-state index is 0.183. The normalized spacial score (nSPS) is 16.0. The Kier molecular flexibility index (Phi) is 4.78. The van der Waals surface area contributed by atoms with Crippen molar-refractivity contribution in [2.24, 2.45) is 5.92 Å². The fraction of sp³-hybridized carbons (Fsp3) is 0.889. The Bertz CT molecular complexity index is 157. The van der Waals surface area contributed by atoms with Crippen molar-refractivity contribution in [2.45, 2.75) is 19.3 Å². The Labute approximate surface area is 78.3 Å². The van der Waals surface area contributed by atoms with Gasteiger partial charge in [-0.2, -0.15) is 0 Å². The van der Waals surface area contributed by atoms with Gasteiger partial charge in [-0.25, -0.2) is 0 Å². The molecule has 0 aromatic heterocycles. The van der Waals surface area contributed by atoms with Gasteiger partial charge in [-0.3, -0.25) is 4.79 Å². The number of nitrogens with one attached hydrogen (secondary N) is 1. The summed E-state index contributed by atoms with van der Waals surface area (Å²) in [5, 5.41) is 11.3. The third kappa shape index (κ3) is 6.54. The lowest BCUT2D eigenvalue weighted by molar-refractivity contribution is -0.136. The van der Waals surface area contributed by atoms with E-state index in [1.54, 1.807) is 0 Å². The predicted octanol–water partition coefficient (Wildman–Crippen LogP) is 0.477. The van der Waals surface area contributed by atoms with Crippen LogP contribution < -0.4 is 5.32 Å². The Hall–Kier alpha value is -0.610. The van der Waals surface area contributed by atoms with Crippen LogP contribution in [0.25, 0.3) is 0 Å². The summed E-state index contributed by atoms with van der Waals surface area (Å²) in [6, 6.07) is 0. The maximum Gasteiger partial charge on any atom is 0.304 e. The molecule has 4 heteroatoms. The standard InChI is InChI=1S/C9H17NO3/c11-9(12)3-4-10-5-6-13-7-8-1-2-8/h8,10H,1-7H2,(H,11,12). The van der Waals surface area contributed by atoms with Crippen LogP contribution in [-0.4, -0.2) is 37.4 Å². The van der Waals surface area contributed by atoms with Crippen molar-refractivity contribution >= 4 is 5.97 Å². The summed E-state index contributed by atoms with van der Waals surface area (Å²) in [7, 11) is 0. The Morgan fingerprint density at radius 3 is 2.85 bits per heavy atom. The molecule has 1 rings (SSSR count). The third-order valence-corrected chi connectivity index (χ3v) is 1.99. The highest BCUT2D eigenvalue weighted by Gasteiger charge is 2.20. The molecule has 0 spiro atoms. The van der Waals surface area contributed by atoms with Gasteiger partial charge in [0.25, 0.3) is 0 Å². The van der Waals surface area contributed by atoms with Crippen LogP contribution in [0.3, 0.4) is 0 Å². The van der Waals surface area contributed by atoms with E-state index in [0.717, 1.165) is 19.1 Å². The molecule has 0 saturated heterocycles. The lowest BCUT2D eigenvalue weighted by Crippen LogP contribution is -2.23. The molecular weight excluding hydrogens is 170 g/mol. The molecule has 0 aromatic rings. The number of carboxylic acid groups (broad SMARTS) is 1. The molecule has 2 N–H and O–H groups in total. The molecule has 1 fully saturated rings. The molecule has 1 aliphatic carbocycles. The summed E-state index contributed by atoms with van der Waals surface area (Å²) >= 11 is 0. The fourth-order valence-corrected chi connectivity index (χ4v) is 0.999. The summed E-state index contributed by atoms with van der Waals surface area (Å²) in [6.07, 6.45) is 2.81. The maximum atomic E-state index is 10.1. The number of aliphatic carboxylic acids is 1. The summed E-state index contributed by atoms with van der Waals surface area (Å²) in [5.74, 6) is 0.0467. The van der Waals surface area contributed by atoms with Gasteiger partial charge < -0.3 is 15.2 Å². The van der Waals surface area contributed by atoms with E-state index in [1.165, 1.54) is 12.8 Å². The first-order valence-corrected chi connectivity index (χ1v) is 4.79. The van der Waals surface area contributed by atoms with Crippen molar-refractivity contribution < 1.29 is 14.6 Å². The zero-order valence-electron chi connectivity index (χ0n) is 7.79. The predicted molar refractivity (Wildman–Crippen MR) is 48.7 cm³/mol. The molecule has 0 aromatic carbocycles. The van der Waals surface area contributed by atoms with Crippen LogP contribution in [0.15, 0.2) is 0 Å². The first kappa shape index (κ1) is 10.5. The van der Waals surface area contributed by atoms with Gasteiger partial charge >= 0.3 is 5.97 Å². The SMILES string of the molecule is O=C(O)CCNCCOCC1CC1. The van der Waals surface area contributed by atoms with Gasteiger partial charge in [0.2, 0.25) is 0 Å². The topological polar surface area (TPSA) is 58.6 Å². The largest absolute Gasteiger partial charge is 0.481 e. The number of carbonyl (C=O) groups is 1. The van der Waals surface area contributed by atoms with E-state index in [-0.39, 0.29) is 6.42 Å². The smallest absolute Gasteiger partial charge is 0.304 e. The zero-order valence-corrected chi connectivity index (χ0v) is 7.79. The van der Waals surface area contributed by atoms with Gasteiger partial charge in [0.15, 0.2) is 0 Å². The van der Waals surface area contributed by atoms with Crippen LogP contribution in [0.4, 0.5) is 0 Å². The molecule has 1 aliphatic rings. The summed E-state index contributed by atoms with van der Waals surface area (Å²) in [4.78, 5) is 10.1. The van der Waals surface area contributed by atoms with E-state index in [4.69, 9.17) is 9.84 Å². The van der Waals surface area contributed by atoms with Gasteiger partial charge in [-0.05, 0) is 18.8 Å². The molecule has 4 nitrogen and oxygen atoms in total.